The highest BCUT2D eigenvalue weighted by Crippen LogP contribution is 2.18. The smallest absolute Gasteiger partial charge is 0.135 e. The van der Waals surface area contributed by atoms with Crippen LogP contribution in [-0.4, -0.2) is 36.1 Å². The number of rotatable bonds is 2. The monoisotopic (exact) mass is 245 g/mol. The van der Waals surface area contributed by atoms with E-state index in [9.17, 15) is 0 Å². The largest absolute Gasteiger partial charge is 0.314 e. The van der Waals surface area contributed by atoms with Gasteiger partial charge in [0, 0.05) is 38.3 Å². The maximum atomic E-state index is 6.01. The molecular weight excluding hydrogens is 233 g/mol. The molecule has 3 nitrogen and oxygen atoms in total. The van der Waals surface area contributed by atoms with E-state index in [1.165, 1.54) is 0 Å². The minimum absolute atomic E-state index is 0.448. The maximum absolute atomic E-state index is 6.01. The molecule has 0 bridgehead atoms. The van der Waals surface area contributed by atoms with Crippen molar-refractivity contribution in [3.63, 3.8) is 0 Å². The van der Waals surface area contributed by atoms with E-state index in [1.54, 1.807) is 6.07 Å². The highest BCUT2D eigenvalue weighted by atomic mass is 35.5. The summed E-state index contributed by atoms with van der Waals surface area (Å²) in [5, 5.41) is 4.28. The van der Waals surface area contributed by atoms with Gasteiger partial charge in [0.05, 0.1) is 0 Å². The van der Waals surface area contributed by atoms with Crippen molar-refractivity contribution in [2.75, 3.05) is 26.2 Å². The molecule has 1 aliphatic heterocycles. The number of hydrogen-bond acceptors (Lipinski definition) is 3. The Hall–Kier alpha value is -0.350. The van der Waals surface area contributed by atoms with Crippen molar-refractivity contribution in [3.8, 4) is 0 Å². The third kappa shape index (κ3) is 3.05. The summed E-state index contributed by atoms with van der Waals surface area (Å²) in [7, 11) is 0. The zero-order valence-electron chi connectivity index (χ0n) is 8.34. The Morgan fingerprint density at radius 1 is 1.27 bits per heavy atom. The molecule has 1 fully saturated rings. The Kier molecular flexibility index (Phi) is 3.81. The van der Waals surface area contributed by atoms with E-state index < -0.39 is 0 Å². The fourth-order valence-corrected chi connectivity index (χ4v) is 2.07. The molecule has 0 amide bonds. The number of pyridine rings is 1. The molecule has 0 saturated carbocycles. The minimum atomic E-state index is 0.448. The molecule has 2 rings (SSSR count). The molecular formula is C10H13Cl2N3. The molecule has 0 atom stereocenters. The van der Waals surface area contributed by atoms with Crippen LogP contribution in [0.4, 0.5) is 0 Å². The third-order valence-corrected chi connectivity index (χ3v) is 3.03. The van der Waals surface area contributed by atoms with Gasteiger partial charge in [0.25, 0.3) is 0 Å². The number of piperazine rings is 1. The highest BCUT2D eigenvalue weighted by Gasteiger charge is 2.12. The van der Waals surface area contributed by atoms with Crippen molar-refractivity contribution in [1.29, 1.82) is 0 Å². The molecule has 1 aromatic rings. The summed E-state index contributed by atoms with van der Waals surface area (Å²) >= 11 is 11.8. The predicted octanol–water partition coefficient (Wildman–Crippen LogP) is 1.79. The second-order valence-corrected chi connectivity index (χ2v) is 4.36. The summed E-state index contributed by atoms with van der Waals surface area (Å²) < 4.78 is 0. The first-order chi connectivity index (χ1) is 7.25. The van der Waals surface area contributed by atoms with Gasteiger partial charge in [-0.15, -0.1) is 0 Å². The van der Waals surface area contributed by atoms with E-state index in [4.69, 9.17) is 23.2 Å². The first-order valence-electron chi connectivity index (χ1n) is 5.00. The van der Waals surface area contributed by atoms with Crippen LogP contribution in [0.5, 0.6) is 0 Å². The molecule has 82 valence electrons. The quantitative estimate of drug-likeness (QED) is 0.806. The standard InChI is InChI=1S/C10H13Cl2N3/c11-9-2-1-8(10(12)14-9)7-15-5-3-13-4-6-15/h1-2,13H,3-7H2. The topological polar surface area (TPSA) is 28.2 Å². The van der Waals surface area contributed by atoms with Crippen molar-refractivity contribution in [1.82, 2.24) is 15.2 Å². The average Bonchev–Trinajstić information content (AvgIpc) is 2.24. The van der Waals surface area contributed by atoms with Crippen LogP contribution in [0.25, 0.3) is 0 Å². The summed E-state index contributed by atoms with van der Waals surface area (Å²) in [6.45, 7) is 5.04. The van der Waals surface area contributed by atoms with Crippen LogP contribution in [0.1, 0.15) is 5.56 Å². The predicted molar refractivity (Wildman–Crippen MR) is 62.4 cm³/mol. The van der Waals surface area contributed by atoms with Crippen LogP contribution in [0.2, 0.25) is 10.3 Å². The summed E-state index contributed by atoms with van der Waals surface area (Å²) in [4.78, 5) is 6.38. The van der Waals surface area contributed by atoms with Gasteiger partial charge in [0.15, 0.2) is 0 Å². The molecule has 15 heavy (non-hydrogen) atoms. The van der Waals surface area contributed by atoms with Gasteiger partial charge >= 0.3 is 0 Å². The number of nitrogens with zero attached hydrogens (tertiary/aromatic N) is 2. The van der Waals surface area contributed by atoms with Crippen LogP contribution in [0.3, 0.4) is 0 Å². The molecule has 0 aliphatic carbocycles. The summed E-state index contributed by atoms with van der Waals surface area (Å²) in [5.74, 6) is 0. The normalized spacial score (nSPS) is 18.0. The maximum Gasteiger partial charge on any atom is 0.135 e. The van der Waals surface area contributed by atoms with Crippen LogP contribution in [0.15, 0.2) is 12.1 Å². The molecule has 0 aromatic carbocycles. The molecule has 0 spiro atoms. The molecule has 1 N–H and O–H groups in total. The van der Waals surface area contributed by atoms with Crippen molar-refractivity contribution in [2.24, 2.45) is 0 Å². The lowest BCUT2D eigenvalue weighted by Gasteiger charge is -2.27. The zero-order chi connectivity index (χ0) is 10.7. The van der Waals surface area contributed by atoms with E-state index in [1.807, 2.05) is 6.07 Å². The van der Waals surface area contributed by atoms with Crippen molar-refractivity contribution in [2.45, 2.75) is 6.54 Å². The minimum Gasteiger partial charge on any atom is -0.314 e. The SMILES string of the molecule is Clc1ccc(CN2CCNCC2)c(Cl)n1. The Balaban J connectivity index is 2.03. The molecule has 0 radical (unpaired) electrons. The van der Waals surface area contributed by atoms with Gasteiger partial charge < -0.3 is 5.32 Å². The Labute approximate surface area is 99.4 Å². The summed E-state index contributed by atoms with van der Waals surface area (Å²) in [6.07, 6.45) is 0. The molecule has 1 aromatic heterocycles. The summed E-state index contributed by atoms with van der Waals surface area (Å²) in [6, 6.07) is 3.73. The molecule has 1 aliphatic rings. The van der Waals surface area contributed by atoms with E-state index in [-0.39, 0.29) is 0 Å². The van der Waals surface area contributed by atoms with E-state index in [2.05, 4.69) is 15.2 Å². The van der Waals surface area contributed by atoms with Crippen molar-refractivity contribution in [3.05, 3.63) is 28.0 Å². The molecule has 5 heteroatoms. The number of halogens is 2. The fraction of sp³-hybridized carbons (Fsp3) is 0.500. The fourth-order valence-electron chi connectivity index (χ4n) is 1.67. The lowest BCUT2D eigenvalue weighted by molar-refractivity contribution is 0.233. The van der Waals surface area contributed by atoms with Crippen molar-refractivity contribution >= 4 is 23.2 Å². The van der Waals surface area contributed by atoms with E-state index in [0.717, 1.165) is 38.3 Å². The van der Waals surface area contributed by atoms with Crippen LogP contribution < -0.4 is 5.32 Å². The number of hydrogen-bond donors (Lipinski definition) is 1. The first-order valence-corrected chi connectivity index (χ1v) is 5.75. The number of aromatic nitrogens is 1. The zero-order valence-corrected chi connectivity index (χ0v) is 9.85. The third-order valence-electron chi connectivity index (χ3n) is 2.50. The van der Waals surface area contributed by atoms with Crippen LogP contribution >= 0.6 is 23.2 Å². The average molecular weight is 246 g/mol. The van der Waals surface area contributed by atoms with Gasteiger partial charge in [-0.25, -0.2) is 4.98 Å². The van der Waals surface area contributed by atoms with Crippen LogP contribution in [-0.2, 0) is 6.54 Å². The second kappa shape index (κ2) is 5.12. The number of nitrogens with one attached hydrogen (secondary N) is 1. The van der Waals surface area contributed by atoms with Crippen LogP contribution in [0, 0.1) is 0 Å². The Morgan fingerprint density at radius 3 is 2.67 bits per heavy atom. The molecule has 2 heterocycles. The molecule has 1 saturated heterocycles. The van der Waals surface area contributed by atoms with Gasteiger partial charge in [0.2, 0.25) is 0 Å². The van der Waals surface area contributed by atoms with Gasteiger partial charge in [-0.2, -0.15) is 0 Å². The van der Waals surface area contributed by atoms with Gasteiger partial charge in [0.1, 0.15) is 10.3 Å². The first kappa shape index (κ1) is 11.1. The van der Waals surface area contributed by atoms with E-state index in [0.29, 0.717) is 10.3 Å². The lowest BCUT2D eigenvalue weighted by Crippen LogP contribution is -2.42. The Morgan fingerprint density at radius 2 is 2.00 bits per heavy atom. The lowest BCUT2D eigenvalue weighted by atomic mass is 10.2. The molecule has 0 unspecified atom stereocenters. The van der Waals surface area contributed by atoms with E-state index >= 15 is 0 Å². The van der Waals surface area contributed by atoms with Gasteiger partial charge in [-0.05, 0) is 6.07 Å². The second-order valence-electron chi connectivity index (χ2n) is 3.61. The highest BCUT2D eigenvalue weighted by molar-refractivity contribution is 6.32. The van der Waals surface area contributed by atoms with Gasteiger partial charge in [-0.1, -0.05) is 29.3 Å². The van der Waals surface area contributed by atoms with Crippen molar-refractivity contribution < 1.29 is 0 Å². The summed E-state index contributed by atoms with van der Waals surface area (Å²) in [5.41, 5.74) is 1.04. The van der Waals surface area contributed by atoms with Gasteiger partial charge in [-0.3, -0.25) is 4.90 Å². The Bertz CT molecular complexity index is 337.